The summed E-state index contributed by atoms with van der Waals surface area (Å²) in [6.07, 6.45) is 7.89. The zero-order chi connectivity index (χ0) is 22.7. The summed E-state index contributed by atoms with van der Waals surface area (Å²) in [5, 5.41) is 0. The minimum atomic E-state index is -0.716. The van der Waals surface area contributed by atoms with Gasteiger partial charge >= 0.3 is 0 Å². The van der Waals surface area contributed by atoms with Crippen molar-refractivity contribution < 1.29 is 13.9 Å². The zero-order valence-electron chi connectivity index (χ0n) is 19.4. The van der Waals surface area contributed by atoms with E-state index < -0.39 is 5.41 Å². The van der Waals surface area contributed by atoms with Crippen LogP contribution in [0.1, 0.15) is 82.8 Å². The molecule has 0 spiro atoms. The lowest BCUT2D eigenvalue weighted by molar-refractivity contribution is -0.123. The maximum absolute atomic E-state index is 15.0. The largest absolute Gasteiger partial charge is 0.490 e. The molecule has 0 heterocycles. The zero-order valence-corrected chi connectivity index (χ0v) is 20.2. The Balaban J connectivity index is 1.79. The normalized spacial score (nSPS) is 17.2. The molecule has 2 saturated carbocycles. The summed E-state index contributed by atoms with van der Waals surface area (Å²) in [5.74, 6) is 1.70. The van der Waals surface area contributed by atoms with Crippen molar-refractivity contribution in [2.45, 2.75) is 83.2 Å². The molecule has 4 rings (SSSR count). The monoisotopic (exact) mass is 455 g/mol. The van der Waals surface area contributed by atoms with Gasteiger partial charge in [-0.1, -0.05) is 43.5 Å². The van der Waals surface area contributed by atoms with Crippen LogP contribution in [0.2, 0.25) is 0 Å². The first kappa shape index (κ1) is 23.2. The minimum Gasteiger partial charge on any atom is -0.490 e. The maximum atomic E-state index is 15.0. The predicted octanol–water partition coefficient (Wildman–Crippen LogP) is 7.14. The van der Waals surface area contributed by atoms with E-state index in [1.807, 2.05) is 39.0 Å². The molecule has 0 saturated heterocycles. The van der Waals surface area contributed by atoms with E-state index in [0.29, 0.717) is 0 Å². The number of rotatable bonds is 8. The molecule has 2 aliphatic rings. The number of halogens is 1. The van der Waals surface area contributed by atoms with E-state index in [2.05, 4.69) is 10.8 Å². The van der Waals surface area contributed by atoms with Crippen molar-refractivity contribution in [3.8, 4) is 16.9 Å². The summed E-state index contributed by atoms with van der Waals surface area (Å²) in [4.78, 5) is 12.9. The van der Waals surface area contributed by atoms with E-state index in [1.54, 1.807) is 12.1 Å². The topological polar surface area (TPSA) is 38.3 Å². The van der Waals surface area contributed by atoms with E-state index in [4.69, 9.17) is 4.74 Å². The third-order valence-corrected chi connectivity index (χ3v) is 7.65. The highest BCUT2D eigenvalue weighted by atomic mass is 32.2. The lowest BCUT2D eigenvalue weighted by Gasteiger charge is -2.30. The average molecular weight is 456 g/mol. The highest BCUT2D eigenvalue weighted by Crippen LogP contribution is 2.46. The second-order valence-electron chi connectivity index (χ2n) is 9.55. The van der Waals surface area contributed by atoms with E-state index in [9.17, 15) is 4.79 Å². The molecule has 2 aliphatic carbocycles. The van der Waals surface area contributed by atoms with Gasteiger partial charge in [-0.05, 0) is 93.2 Å². The van der Waals surface area contributed by atoms with Gasteiger partial charge in [0.25, 0.3) is 0 Å². The van der Waals surface area contributed by atoms with Gasteiger partial charge in [0.1, 0.15) is 11.6 Å². The fraction of sp³-hybridized carbons (Fsp3) is 0.519. The quantitative estimate of drug-likeness (QED) is 0.430. The Morgan fingerprint density at radius 2 is 1.84 bits per heavy atom. The van der Waals surface area contributed by atoms with Crippen LogP contribution >= 0.6 is 11.9 Å². The summed E-state index contributed by atoms with van der Waals surface area (Å²) < 4.78 is 24.4. The van der Waals surface area contributed by atoms with Gasteiger partial charge in [0.05, 0.1) is 11.5 Å². The van der Waals surface area contributed by atoms with Crippen molar-refractivity contribution in [3.05, 3.63) is 53.3 Å². The lowest BCUT2D eigenvalue weighted by Crippen LogP contribution is -2.37. The Kier molecular flexibility index (Phi) is 7.14. The predicted molar refractivity (Wildman–Crippen MR) is 131 cm³/mol. The fourth-order valence-electron chi connectivity index (χ4n) is 4.70. The summed E-state index contributed by atoms with van der Waals surface area (Å²) in [6.45, 7) is 5.89. The number of hydrogen-bond acceptors (Lipinski definition) is 3. The lowest BCUT2D eigenvalue weighted by atomic mass is 9.76. The van der Waals surface area contributed by atoms with E-state index in [-0.39, 0.29) is 23.7 Å². The molecule has 1 N–H and O–H groups in total. The van der Waals surface area contributed by atoms with Crippen molar-refractivity contribution in [2.75, 3.05) is 5.75 Å². The number of amides is 1. The molecule has 5 heteroatoms. The number of carbonyl (C=O) groups excluding carboxylic acids is 1. The highest BCUT2D eigenvalue weighted by Gasteiger charge is 2.32. The number of benzene rings is 2. The van der Waals surface area contributed by atoms with Gasteiger partial charge in [0.15, 0.2) is 0 Å². The van der Waals surface area contributed by atoms with Gasteiger partial charge < -0.3 is 4.74 Å². The number of ether oxygens (including phenoxy) is 1. The molecule has 0 radical (unpaired) electrons. The Morgan fingerprint density at radius 3 is 2.50 bits per heavy atom. The number of nitrogens with one attached hydrogen (secondary N) is 1. The van der Waals surface area contributed by atoms with Crippen LogP contribution in [0.15, 0.2) is 36.4 Å². The fourth-order valence-corrected chi connectivity index (χ4v) is 5.23. The molecule has 3 nitrogen and oxygen atoms in total. The van der Waals surface area contributed by atoms with E-state index in [1.165, 1.54) is 24.8 Å². The van der Waals surface area contributed by atoms with Crippen molar-refractivity contribution in [3.63, 3.8) is 0 Å². The Bertz CT molecular complexity index is 964. The highest BCUT2D eigenvalue weighted by molar-refractivity contribution is 7.97. The Morgan fingerprint density at radius 1 is 1.09 bits per heavy atom. The molecule has 0 bridgehead atoms. The van der Waals surface area contributed by atoms with Crippen molar-refractivity contribution in [1.82, 2.24) is 4.72 Å². The van der Waals surface area contributed by atoms with Crippen LogP contribution in [0.4, 0.5) is 4.39 Å². The molecule has 2 aromatic carbocycles. The molecule has 0 aliphatic heterocycles. The second kappa shape index (κ2) is 9.86. The van der Waals surface area contributed by atoms with Gasteiger partial charge in [0, 0.05) is 11.3 Å². The van der Waals surface area contributed by atoms with Crippen LogP contribution in [-0.4, -0.2) is 17.8 Å². The van der Waals surface area contributed by atoms with Crippen LogP contribution in [0.3, 0.4) is 0 Å². The number of hydrogen-bond donors (Lipinski definition) is 1. The summed E-state index contributed by atoms with van der Waals surface area (Å²) in [6, 6.07) is 11.4. The molecule has 1 amide bonds. The molecule has 0 aromatic heterocycles. The van der Waals surface area contributed by atoms with E-state index >= 15 is 4.39 Å². The van der Waals surface area contributed by atoms with Crippen LogP contribution in [0.25, 0.3) is 11.1 Å². The average Bonchev–Trinajstić information content (AvgIpc) is 3.25. The van der Waals surface area contributed by atoms with Gasteiger partial charge in [-0.3, -0.25) is 9.52 Å². The first-order valence-electron chi connectivity index (χ1n) is 11.9. The Labute approximate surface area is 195 Å². The number of carbonyl (C=O) groups is 1. The van der Waals surface area contributed by atoms with Gasteiger partial charge in [0.2, 0.25) is 5.91 Å². The molecule has 2 fully saturated rings. The third-order valence-electron chi connectivity index (χ3n) is 7.03. The summed E-state index contributed by atoms with van der Waals surface area (Å²) in [5.41, 5.74) is 2.80. The second-order valence-corrected chi connectivity index (χ2v) is 10.6. The molecular weight excluding hydrogens is 421 g/mol. The van der Waals surface area contributed by atoms with Crippen molar-refractivity contribution in [2.24, 2.45) is 0 Å². The molecule has 2 aromatic rings. The first-order chi connectivity index (χ1) is 15.4. The SMILES string of the molecule is CCSNC(=O)C(C)(C)c1ccc(OC2CCCC2)c(-c2cccc(F)c2C2CCC2)c1. The van der Waals surface area contributed by atoms with Crippen LogP contribution in [0, 0.1) is 5.82 Å². The summed E-state index contributed by atoms with van der Waals surface area (Å²) >= 11 is 1.41. The minimum absolute atomic E-state index is 0.0294. The van der Waals surface area contributed by atoms with Crippen LogP contribution in [0.5, 0.6) is 5.75 Å². The molecule has 172 valence electrons. The van der Waals surface area contributed by atoms with Crippen molar-refractivity contribution in [1.29, 1.82) is 0 Å². The van der Waals surface area contributed by atoms with Crippen LogP contribution < -0.4 is 9.46 Å². The molecule has 0 atom stereocenters. The van der Waals surface area contributed by atoms with Gasteiger partial charge in [-0.2, -0.15) is 0 Å². The standard InChI is InChI=1S/C27H34FNO2S/c1-4-32-29-26(30)27(2,3)19-15-16-24(31-20-11-5-6-12-20)22(17-19)21-13-8-14-23(28)25(21)18-9-7-10-18/h8,13-18,20H,4-7,9-12H2,1-3H3,(H,29,30). The third kappa shape index (κ3) is 4.68. The van der Waals surface area contributed by atoms with E-state index in [0.717, 1.165) is 65.9 Å². The summed E-state index contributed by atoms with van der Waals surface area (Å²) in [7, 11) is 0. The van der Waals surface area contributed by atoms with Gasteiger partial charge in [-0.25, -0.2) is 4.39 Å². The Hall–Kier alpha value is -2.01. The molecular formula is C27H34FNO2S. The smallest absolute Gasteiger partial charge is 0.239 e. The van der Waals surface area contributed by atoms with Crippen molar-refractivity contribution >= 4 is 17.9 Å². The van der Waals surface area contributed by atoms with Crippen LogP contribution in [-0.2, 0) is 10.2 Å². The van der Waals surface area contributed by atoms with Gasteiger partial charge in [-0.15, -0.1) is 0 Å². The maximum Gasteiger partial charge on any atom is 0.239 e. The molecule has 0 unspecified atom stereocenters. The molecule has 32 heavy (non-hydrogen) atoms. The first-order valence-corrected chi connectivity index (χ1v) is 12.9.